The Labute approximate surface area is 108 Å². The molecule has 6 heteroatoms. The standard InChI is InChI=1S/C12H12N2O3S/c15-10-8-11(16)14(12(18)13-10)6-7-17-9-4-2-1-3-5-9/h1-5,8,16H,6-7H2,(H,13,15,18). The molecule has 2 rings (SSSR count). The number of hydrogen-bond acceptors (Lipinski definition) is 4. The molecule has 0 radical (unpaired) electrons. The Morgan fingerprint density at radius 2 is 2.06 bits per heavy atom. The molecule has 0 amide bonds. The first-order chi connectivity index (χ1) is 8.66. The van der Waals surface area contributed by atoms with Crippen molar-refractivity contribution in [1.29, 1.82) is 0 Å². The van der Waals surface area contributed by atoms with Gasteiger partial charge in [-0.25, -0.2) is 0 Å². The fourth-order valence-corrected chi connectivity index (χ4v) is 1.78. The van der Waals surface area contributed by atoms with Gasteiger partial charge in [0.15, 0.2) is 10.7 Å². The Morgan fingerprint density at radius 1 is 1.33 bits per heavy atom. The number of aromatic amines is 1. The summed E-state index contributed by atoms with van der Waals surface area (Å²) >= 11 is 4.95. The van der Waals surface area contributed by atoms with Crippen LogP contribution in [0.5, 0.6) is 11.6 Å². The van der Waals surface area contributed by atoms with Crippen LogP contribution in [0.3, 0.4) is 0 Å². The molecule has 2 aromatic rings. The molecule has 18 heavy (non-hydrogen) atoms. The highest BCUT2D eigenvalue weighted by Crippen LogP contribution is 2.09. The van der Waals surface area contributed by atoms with Gasteiger partial charge in [0.05, 0.1) is 12.6 Å². The van der Waals surface area contributed by atoms with E-state index in [1.165, 1.54) is 4.57 Å². The summed E-state index contributed by atoms with van der Waals surface area (Å²) in [5.41, 5.74) is -0.419. The molecule has 0 bridgehead atoms. The third kappa shape index (κ3) is 2.98. The minimum Gasteiger partial charge on any atom is -0.494 e. The van der Waals surface area contributed by atoms with Crippen LogP contribution in [0.2, 0.25) is 0 Å². The molecule has 0 aliphatic rings. The van der Waals surface area contributed by atoms with E-state index < -0.39 is 5.56 Å². The van der Waals surface area contributed by atoms with Gasteiger partial charge >= 0.3 is 0 Å². The van der Waals surface area contributed by atoms with Gasteiger partial charge in [0, 0.05) is 0 Å². The number of benzene rings is 1. The van der Waals surface area contributed by atoms with Gasteiger partial charge in [-0.1, -0.05) is 18.2 Å². The predicted molar refractivity (Wildman–Crippen MR) is 69.5 cm³/mol. The summed E-state index contributed by atoms with van der Waals surface area (Å²) in [7, 11) is 0. The van der Waals surface area contributed by atoms with Crippen molar-refractivity contribution in [2.45, 2.75) is 6.54 Å². The van der Waals surface area contributed by atoms with E-state index in [-0.39, 0.29) is 10.7 Å². The highest BCUT2D eigenvalue weighted by molar-refractivity contribution is 7.71. The maximum atomic E-state index is 11.0. The Hall–Kier alpha value is -2.08. The van der Waals surface area contributed by atoms with E-state index >= 15 is 0 Å². The molecule has 0 spiro atoms. The van der Waals surface area contributed by atoms with Crippen molar-refractivity contribution in [2.75, 3.05) is 6.61 Å². The molecule has 0 saturated heterocycles. The zero-order chi connectivity index (χ0) is 13.0. The van der Waals surface area contributed by atoms with Gasteiger partial charge in [0.1, 0.15) is 12.4 Å². The molecule has 2 N–H and O–H groups in total. The molecular formula is C12H12N2O3S. The Balaban J connectivity index is 2.03. The van der Waals surface area contributed by atoms with Crippen LogP contribution in [-0.2, 0) is 6.54 Å². The molecule has 1 heterocycles. The second kappa shape index (κ2) is 5.50. The molecule has 1 aromatic heterocycles. The molecular weight excluding hydrogens is 252 g/mol. The zero-order valence-electron chi connectivity index (χ0n) is 9.50. The Morgan fingerprint density at radius 3 is 2.72 bits per heavy atom. The maximum absolute atomic E-state index is 11.0. The zero-order valence-corrected chi connectivity index (χ0v) is 10.3. The van der Waals surface area contributed by atoms with Crippen molar-refractivity contribution in [1.82, 2.24) is 9.55 Å². The van der Waals surface area contributed by atoms with Crippen LogP contribution in [0.25, 0.3) is 0 Å². The van der Waals surface area contributed by atoms with E-state index in [0.29, 0.717) is 13.2 Å². The van der Waals surface area contributed by atoms with Crippen molar-refractivity contribution in [3.8, 4) is 11.6 Å². The first kappa shape index (κ1) is 12.4. The molecule has 94 valence electrons. The van der Waals surface area contributed by atoms with Crippen molar-refractivity contribution in [2.24, 2.45) is 0 Å². The average Bonchev–Trinajstić information content (AvgIpc) is 2.34. The highest BCUT2D eigenvalue weighted by atomic mass is 32.1. The van der Waals surface area contributed by atoms with Gasteiger partial charge in [-0.05, 0) is 24.4 Å². The quantitative estimate of drug-likeness (QED) is 0.825. The Bertz CT molecular complexity index is 634. The van der Waals surface area contributed by atoms with E-state index in [1.807, 2.05) is 30.3 Å². The first-order valence-electron chi connectivity index (χ1n) is 5.38. The van der Waals surface area contributed by atoms with Crippen LogP contribution in [0.4, 0.5) is 0 Å². The summed E-state index contributed by atoms with van der Waals surface area (Å²) in [6, 6.07) is 10.4. The van der Waals surface area contributed by atoms with E-state index in [9.17, 15) is 9.90 Å². The van der Waals surface area contributed by atoms with Gasteiger partial charge in [0.2, 0.25) is 0 Å². The number of H-pyrrole nitrogens is 1. The number of aromatic hydroxyl groups is 1. The second-order valence-corrected chi connectivity index (χ2v) is 4.00. The van der Waals surface area contributed by atoms with Crippen molar-refractivity contribution >= 4 is 12.2 Å². The monoisotopic (exact) mass is 264 g/mol. The topological polar surface area (TPSA) is 67.2 Å². The lowest BCUT2D eigenvalue weighted by atomic mass is 10.3. The summed E-state index contributed by atoms with van der Waals surface area (Å²) in [5.74, 6) is 0.577. The van der Waals surface area contributed by atoms with Crippen LogP contribution >= 0.6 is 12.2 Å². The SMILES string of the molecule is O=c1cc(O)n(CCOc2ccccc2)c(=S)[nH]1. The normalized spacial score (nSPS) is 10.2. The number of aromatic nitrogens is 2. The highest BCUT2D eigenvalue weighted by Gasteiger charge is 2.02. The maximum Gasteiger partial charge on any atom is 0.255 e. The molecule has 0 saturated carbocycles. The van der Waals surface area contributed by atoms with Gasteiger partial charge in [-0.2, -0.15) is 0 Å². The molecule has 0 unspecified atom stereocenters. The van der Waals surface area contributed by atoms with Gasteiger partial charge in [0.25, 0.3) is 5.56 Å². The van der Waals surface area contributed by atoms with Crippen LogP contribution in [-0.4, -0.2) is 21.3 Å². The number of nitrogens with zero attached hydrogens (tertiary/aromatic N) is 1. The minimum absolute atomic E-state index is 0.166. The molecule has 5 nitrogen and oxygen atoms in total. The summed E-state index contributed by atoms with van der Waals surface area (Å²) in [6.45, 7) is 0.703. The van der Waals surface area contributed by atoms with Crippen LogP contribution in [0, 0.1) is 4.77 Å². The number of ether oxygens (including phenoxy) is 1. The molecule has 0 fully saturated rings. The fourth-order valence-electron chi connectivity index (χ4n) is 1.50. The van der Waals surface area contributed by atoms with E-state index in [2.05, 4.69) is 4.98 Å². The van der Waals surface area contributed by atoms with Crippen LogP contribution < -0.4 is 10.3 Å². The van der Waals surface area contributed by atoms with E-state index in [0.717, 1.165) is 11.8 Å². The summed E-state index contributed by atoms with van der Waals surface area (Å²) in [4.78, 5) is 13.5. The summed E-state index contributed by atoms with van der Waals surface area (Å²) < 4.78 is 7.06. The van der Waals surface area contributed by atoms with Crippen LogP contribution in [0.15, 0.2) is 41.2 Å². The summed E-state index contributed by atoms with van der Waals surface area (Å²) in [6.07, 6.45) is 0. The van der Waals surface area contributed by atoms with E-state index in [4.69, 9.17) is 17.0 Å². The number of nitrogens with one attached hydrogen (secondary N) is 1. The minimum atomic E-state index is -0.419. The number of hydrogen-bond donors (Lipinski definition) is 2. The average molecular weight is 264 g/mol. The molecule has 1 aromatic carbocycles. The number of rotatable bonds is 4. The fraction of sp³-hybridized carbons (Fsp3) is 0.167. The first-order valence-corrected chi connectivity index (χ1v) is 5.78. The summed E-state index contributed by atoms with van der Waals surface area (Å²) in [5, 5.41) is 9.59. The van der Waals surface area contributed by atoms with Crippen molar-refractivity contribution in [3.63, 3.8) is 0 Å². The molecule has 0 atom stereocenters. The number of para-hydroxylation sites is 1. The largest absolute Gasteiger partial charge is 0.494 e. The predicted octanol–water partition coefficient (Wildman–Crippen LogP) is 1.69. The van der Waals surface area contributed by atoms with Gasteiger partial charge in [-0.15, -0.1) is 0 Å². The van der Waals surface area contributed by atoms with E-state index in [1.54, 1.807) is 0 Å². The van der Waals surface area contributed by atoms with Crippen LogP contribution in [0.1, 0.15) is 0 Å². The lowest BCUT2D eigenvalue weighted by Gasteiger charge is -2.10. The van der Waals surface area contributed by atoms with Crippen molar-refractivity contribution in [3.05, 3.63) is 51.5 Å². The molecule has 0 aliphatic heterocycles. The van der Waals surface area contributed by atoms with Gasteiger partial charge < -0.3 is 9.84 Å². The lowest BCUT2D eigenvalue weighted by molar-refractivity contribution is 0.284. The third-order valence-electron chi connectivity index (χ3n) is 2.34. The molecule has 0 aliphatic carbocycles. The van der Waals surface area contributed by atoms with Gasteiger partial charge in [-0.3, -0.25) is 14.3 Å². The third-order valence-corrected chi connectivity index (χ3v) is 2.66. The Kier molecular flexibility index (Phi) is 3.78. The smallest absolute Gasteiger partial charge is 0.255 e. The van der Waals surface area contributed by atoms with Crippen molar-refractivity contribution < 1.29 is 9.84 Å². The lowest BCUT2D eigenvalue weighted by Crippen LogP contribution is -2.15. The second-order valence-electron chi connectivity index (χ2n) is 3.61.